The molecule has 1 fully saturated rings. The topological polar surface area (TPSA) is 32.5 Å². The fraction of sp³-hybridized carbons (Fsp3) is 0.625. The molecule has 2 N–H and O–H groups in total. The first-order valence-corrected chi connectivity index (χ1v) is 7.49. The summed E-state index contributed by atoms with van der Waals surface area (Å²) in [6.45, 7) is 6.54. The van der Waals surface area contributed by atoms with Gasteiger partial charge in [-0.25, -0.2) is 0 Å². The molecule has 0 bridgehead atoms. The largest absolute Gasteiger partial charge is 0.367 e. The minimum Gasteiger partial charge on any atom is -0.367 e. The van der Waals surface area contributed by atoms with Crippen LogP contribution in [-0.2, 0) is 6.42 Å². The predicted octanol–water partition coefficient (Wildman–Crippen LogP) is 2.11. The van der Waals surface area contributed by atoms with Crippen LogP contribution >= 0.6 is 0 Å². The molecule has 19 heavy (non-hydrogen) atoms. The van der Waals surface area contributed by atoms with Gasteiger partial charge in [-0.2, -0.15) is 0 Å². The number of para-hydroxylation sites is 1. The molecule has 0 aromatic heterocycles. The maximum Gasteiger partial charge on any atom is 0.0414 e. The summed E-state index contributed by atoms with van der Waals surface area (Å²) in [4.78, 5) is 5.06. The molecule has 0 spiro atoms. The lowest BCUT2D eigenvalue weighted by atomic mass is 10.1. The van der Waals surface area contributed by atoms with Gasteiger partial charge in [0.25, 0.3) is 0 Å². The summed E-state index contributed by atoms with van der Waals surface area (Å²) in [5, 5.41) is 0. The van der Waals surface area contributed by atoms with Crippen LogP contribution in [0.3, 0.4) is 0 Å². The zero-order chi connectivity index (χ0) is 13.7. The third-order valence-electron chi connectivity index (χ3n) is 4.09. The molecule has 1 unspecified atom stereocenters. The molecule has 0 saturated carbocycles. The van der Waals surface area contributed by atoms with E-state index in [9.17, 15) is 0 Å². The first kappa shape index (κ1) is 14.4. The van der Waals surface area contributed by atoms with Gasteiger partial charge in [0.2, 0.25) is 0 Å². The van der Waals surface area contributed by atoms with Crippen molar-refractivity contribution in [3.8, 4) is 0 Å². The molecule has 0 aliphatic carbocycles. The first-order chi connectivity index (χ1) is 9.26. The van der Waals surface area contributed by atoms with Gasteiger partial charge in [-0.05, 0) is 51.0 Å². The van der Waals surface area contributed by atoms with E-state index in [1.165, 1.54) is 30.6 Å². The molecule has 1 aromatic rings. The summed E-state index contributed by atoms with van der Waals surface area (Å²) < 4.78 is 0. The summed E-state index contributed by atoms with van der Waals surface area (Å²) >= 11 is 0. The Morgan fingerprint density at radius 2 is 2.05 bits per heavy atom. The average Bonchev–Trinajstić information content (AvgIpc) is 2.61. The fourth-order valence-electron chi connectivity index (χ4n) is 3.07. The maximum absolute atomic E-state index is 5.75. The van der Waals surface area contributed by atoms with Crippen LogP contribution in [0.1, 0.15) is 25.3 Å². The molecule has 3 nitrogen and oxygen atoms in total. The van der Waals surface area contributed by atoms with Crippen molar-refractivity contribution in [3.05, 3.63) is 29.8 Å². The van der Waals surface area contributed by atoms with E-state index in [2.05, 4.69) is 48.0 Å². The molecular formula is C16H27N3. The minimum absolute atomic E-state index is 0.617. The molecule has 1 aromatic carbocycles. The highest BCUT2D eigenvalue weighted by Crippen LogP contribution is 2.26. The zero-order valence-corrected chi connectivity index (χ0v) is 12.3. The van der Waals surface area contributed by atoms with Gasteiger partial charge in [-0.1, -0.05) is 25.1 Å². The molecule has 1 saturated heterocycles. The number of likely N-dealkylation sites (N-methyl/N-ethyl adjacent to an activating group) is 1. The van der Waals surface area contributed by atoms with Gasteiger partial charge >= 0.3 is 0 Å². The minimum atomic E-state index is 0.617. The number of hydrogen-bond acceptors (Lipinski definition) is 3. The molecule has 1 aliphatic heterocycles. The SMILES string of the molecule is CCC1CN(C)CCCN1c1ccccc1CCN. The lowest BCUT2D eigenvalue weighted by Gasteiger charge is -2.33. The van der Waals surface area contributed by atoms with Crippen molar-refractivity contribution in [3.63, 3.8) is 0 Å². The standard InChI is InChI=1S/C16H27N3/c1-3-15-13-18(2)11-6-12-19(15)16-8-5-4-7-14(16)9-10-17/h4-5,7-8,15H,3,6,9-13,17H2,1-2H3. The second-order valence-corrected chi connectivity index (χ2v) is 5.54. The second-order valence-electron chi connectivity index (χ2n) is 5.54. The van der Waals surface area contributed by atoms with Crippen LogP contribution in [0.15, 0.2) is 24.3 Å². The molecule has 1 aliphatic rings. The van der Waals surface area contributed by atoms with Gasteiger partial charge in [-0.15, -0.1) is 0 Å². The molecule has 0 radical (unpaired) electrons. The Bertz CT molecular complexity index is 391. The van der Waals surface area contributed by atoms with Crippen molar-refractivity contribution in [2.75, 3.05) is 38.1 Å². The number of benzene rings is 1. The van der Waals surface area contributed by atoms with Crippen molar-refractivity contribution in [2.24, 2.45) is 5.73 Å². The van der Waals surface area contributed by atoms with Crippen LogP contribution in [0.25, 0.3) is 0 Å². The molecule has 106 valence electrons. The number of rotatable bonds is 4. The highest BCUT2D eigenvalue weighted by atomic mass is 15.2. The van der Waals surface area contributed by atoms with Crippen molar-refractivity contribution in [1.82, 2.24) is 4.90 Å². The predicted molar refractivity (Wildman–Crippen MR) is 82.7 cm³/mol. The molecule has 2 rings (SSSR count). The van der Waals surface area contributed by atoms with Crippen molar-refractivity contribution in [2.45, 2.75) is 32.2 Å². The molecule has 0 amide bonds. The van der Waals surface area contributed by atoms with Crippen molar-refractivity contribution in [1.29, 1.82) is 0 Å². The van der Waals surface area contributed by atoms with E-state index in [4.69, 9.17) is 5.73 Å². The molecular weight excluding hydrogens is 234 g/mol. The Hall–Kier alpha value is -1.06. The van der Waals surface area contributed by atoms with E-state index < -0.39 is 0 Å². The van der Waals surface area contributed by atoms with Crippen molar-refractivity contribution >= 4 is 5.69 Å². The third kappa shape index (κ3) is 3.48. The monoisotopic (exact) mass is 261 g/mol. The Kier molecular flexibility index (Phi) is 5.23. The van der Waals surface area contributed by atoms with Crippen LogP contribution in [0.2, 0.25) is 0 Å². The summed E-state index contributed by atoms with van der Waals surface area (Å²) in [5.74, 6) is 0. The summed E-state index contributed by atoms with van der Waals surface area (Å²) in [6.07, 6.45) is 3.41. The van der Waals surface area contributed by atoms with E-state index >= 15 is 0 Å². The summed E-state index contributed by atoms with van der Waals surface area (Å²) in [7, 11) is 2.23. The fourth-order valence-corrected chi connectivity index (χ4v) is 3.07. The van der Waals surface area contributed by atoms with E-state index in [1.54, 1.807) is 0 Å². The van der Waals surface area contributed by atoms with Gasteiger partial charge in [0, 0.05) is 24.8 Å². The molecule has 1 atom stereocenters. The lowest BCUT2D eigenvalue weighted by molar-refractivity contribution is 0.328. The van der Waals surface area contributed by atoms with Crippen LogP contribution < -0.4 is 10.6 Å². The second kappa shape index (κ2) is 6.92. The maximum atomic E-state index is 5.75. The first-order valence-electron chi connectivity index (χ1n) is 7.49. The number of nitrogens with zero attached hydrogens (tertiary/aromatic N) is 2. The van der Waals surface area contributed by atoms with E-state index in [0.717, 1.165) is 26.1 Å². The molecule has 1 heterocycles. The molecule has 3 heteroatoms. The highest BCUT2D eigenvalue weighted by Gasteiger charge is 2.23. The van der Waals surface area contributed by atoms with Gasteiger partial charge < -0.3 is 15.5 Å². The van der Waals surface area contributed by atoms with Gasteiger partial charge in [0.1, 0.15) is 0 Å². The summed E-state index contributed by atoms with van der Waals surface area (Å²) in [5.41, 5.74) is 8.55. The number of anilines is 1. The van der Waals surface area contributed by atoms with Gasteiger partial charge in [-0.3, -0.25) is 0 Å². The Balaban J connectivity index is 2.27. The lowest BCUT2D eigenvalue weighted by Crippen LogP contribution is -2.40. The Morgan fingerprint density at radius 3 is 2.79 bits per heavy atom. The number of hydrogen-bond donors (Lipinski definition) is 1. The van der Waals surface area contributed by atoms with E-state index in [-0.39, 0.29) is 0 Å². The van der Waals surface area contributed by atoms with Crippen LogP contribution in [0.4, 0.5) is 5.69 Å². The highest BCUT2D eigenvalue weighted by molar-refractivity contribution is 5.55. The van der Waals surface area contributed by atoms with E-state index in [1.807, 2.05) is 0 Å². The Labute approximate surface area is 117 Å². The van der Waals surface area contributed by atoms with Crippen LogP contribution in [-0.4, -0.2) is 44.2 Å². The van der Waals surface area contributed by atoms with Gasteiger partial charge in [0.05, 0.1) is 0 Å². The van der Waals surface area contributed by atoms with Gasteiger partial charge in [0.15, 0.2) is 0 Å². The number of nitrogens with two attached hydrogens (primary N) is 1. The van der Waals surface area contributed by atoms with Crippen LogP contribution in [0.5, 0.6) is 0 Å². The normalized spacial score (nSPS) is 21.4. The van der Waals surface area contributed by atoms with Crippen LogP contribution in [0, 0.1) is 0 Å². The zero-order valence-electron chi connectivity index (χ0n) is 12.3. The quantitative estimate of drug-likeness (QED) is 0.901. The van der Waals surface area contributed by atoms with Crippen molar-refractivity contribution < 1.29 is 0 Å². The average molecular weight is 261 g/mol. The summed E-state index contributed by atoms with van der Waals surface area (Å²) in [6, 6.07) is 9.38. The van der Waals surface area contributed by atoms with E-state index in [0.29, 0.717) is 6.04 Å². The smallest absolute Gasteiger partial charge is 0.0414 e. The third-order valence-corrected chi connectivity index (χ3v) is 4.09. The Morgan fingerprint density at radius 1 is 1.26 bits per heavy atom.